The van der Waals surface area contributed by atoms with Crippen LogP contribution in [-0.4, -0.2) is 14.3 Å². The van der Waals surface area contributed by atoms with E-state index in [2.05, 4.69) is 10.0 Å². The zero-order chi connectivity index (χ0) is 19.4. The summed E-state index contributed by atoms with van der Waals surface area (Å²) >= 11 is 1.12. The summed E-state index contributed by atoms with van der Waals surface area (Å²) in [6.45, 7) is 1.80. The van der Waals surface area contributed by atoms with Crippen LogP contribution in [0.3, 0.4) is 0 Å². The van der Waals surface area contributed by atoms with Crippen LogP contribution in [-0.2, 0) is 10.0 Å². The predicted molar refractivity (Wildman–Crippen MR) is 104 cm³/mol. The highest BCUT2D eigenvalue weighted by atomic mass is 32.2. The number of carbonyl (C=O) groups excluding carboxylic acids is 1. The number of nitrogens with one attached hydrogen (secondary N) is 2. The van der Waals surface area contributed by atoms with Crippen molar-refractivity contribution >= 4 is 33.0 Å². The van der Waals surface area contributed by atoms with E-state index in [1.165, 1.54) is 30.3 Å². The van der Waals surface area contributed by atoms with E-state index in [1.807, 2.05) is 0 Å². The monoisotopic (exact) mass is 404 g/mol. The lowest BCUT2D eigenvalue weighted by atomic mass is 10.1. The Morgan fingerprint density at radius 1 is 1.04 bits per heavy atom. The lowest BCUT2D eigenvalue weighted by Gasteiger charge is -2.14. The summed E-state index contributed by atoms with van der Waals surface area (Å²) in [6.07, 6.45) is 0. The molecule has 0 radical (unpaired) electrons. The van der Waals surface area contributed by atoms with Gasteiger partial charge in [-0.05, 0) is 60.3 Å². The molecule has 0 saturated carbocycles. The Hall–Kier alpha value is -2.71. The number of hydrogen-bond acceptors (Lipinski definition) is 4. The summed E-state index contributed by atoms with van der Waals surface area (Å²) in [7, 11) is -3.62. The van der Waals surface area contributed by atoms with E-state index in [0.717, 1.165) is 16.9 Å². The molecule has 8 heteroatoms. The molecule has 140 valence electrons. The first-order valence-corrected chi connectivity index (χ1v) is 10.4. The maximum Gasteiger partial charge on any atom is 0.271 e. The summed E-state index contributed by atoms with van der Waals surface area (Å²) in [5.41, 5.74) is 1.54. The number of carbonyl (C=O) groups is 1. The fourth-order valence-corrected chi connectivity index (χ4v) is 4.48. The molecule has 1 heterocycles. The van der Waals surface area contributed by atoms with E-state index >= 15 is 0 Å². The third-order valence-corrected chi connectivity index (χ3v) is 6.66. The molecule has 3 rings (SSSR count). The van der Waals surface area contributed by atoms with E-state index < -0.39 is 10.0 Å². The first kappa shape index (κ1) is 19.1. The maximum absolute atomic E-state index is 13.0. The van der Waals surface area contributed by atoms with Gasteiger partial charge in [-0.1, -0.05) is 18.2 Å². The fourth-order valence-electron chi connectivity index (χ4n) is 2.43. The highest BCUT2D eigenvalue weighted by Gasteiger charge is 2.16. The first-order valence-electron chi connectivity index (χ1n) is 8.08. The Morgan fingerprint density at radius 3 is 2.30 bits per heavy atom. The van der Waals surface area contributed by atoms with Gasteiger partial charge in [0.2, 0.25) is 0 Å². The van der Waals surface area contributed by atoms with Crippen LogP contribution in [0.2, 0.25) is 0 Å². The second kappa shape index (κ2) is 7.89. The summed E-state index contributed by atoms with van der Waals surface area (Å²) in [6, 6.07) is 14.9. The van der Waals surface area contributed by atoms with Crippen LogP contribution < -0.4 is 10.0 Å². The number of thiophene rings is 1. The molecule has 5 nitrogen and oxygen atoms in total. The number of rotatable bonds is 6. The molecule has 0 bridgehead atoms. The lowest BCUT2D eigenvalue weighted by molar-refractivity contribution is 0.0940. The second-order valence-electron chi connectivity index (χ2n) is 5.86. The van der Waals surface area contributed by atoms with Crippen molar-refractivity contribution in [1.29, 1.82) is 0 Å². The summed E-state index contributed by atoms with van der Waals surface area (Å²) in [5.74, 6) is -0.641. The Balaban J connectivity index is 1.66. The highest BCUT2D eigenvalue weighted by molar-refractivity contribution is 7.94. The van der Waals surface area contributed by atoms with Crippen molar-refractivity contribution in [2.45, 2.75) is 17.2 Å². The van der Waals surface area contributed by atoms with Gasteiger partial charge in [0.25, 0.3) is 15.9 Å². The van der Waals surface area contributed by atoms with Crippen LogP contribution >= 0.6 is 11.3 Å². The van der Waals surface area contributed by atoms with Crippen molar-refractivity contribution in [3.05, 3.63) is 83.0 Å². The summed E-state index contributed by atoms with van der Waals surface area (Å²) in [4.78, 5) is 12.4. The second-order valence-corrected chi connectivity index (χ2v) is 8.72. The van der Waals surface area contributed by atoms with Crippen molar-refractivity contribution in [2.75, 3.05) is 4.72 Å². The molecule has 0 fully saturated rings. The molecule has 0 saturated heterocycles. The van der Waals surface area contributed by atoms with Gasteiger partial charge in [0.15, 0.2) is 0 Å². The molecular weight excluding hydrogens is 387 g/mol. The number of halogens is 1. The van der Waals surface area contributed by atoms with E-state index in [-0.39, 0.29) is 22.0 Å². The topological polar surface area (TPSA) is 75.3 Å². The van der Waals surface area contributed by atoms with Crippen LogP contribution in [0.4, 0.5) is 10.1 Å². The molecule has 0 unspecified atom stereocenters. The third kappa shape index (κ3) is 4.72. The standard InChI is InChI=1S/C19H17FN2O3S2/c1-13(14-4-8-16(20)9-5-14)21-19(23)15-6-10-17(11-7-15)22-27(24,25)18-3-2-12-26-18/h2-13,22H,1H3,(H,21,23)/t13-/m1/s1. The molecular formula is C19H17FN2O3S2. The molecule has 3 aromatic rings. The molecule has 1 aromatic heterocycles. The Labute approximate surface area is 160 Å². The van der Waals surface area contributed by atoms with Gasteiger partial charge < -0.3 is 5.32 Å². The van der Waals surface area contributed by atoms with Crippen LogP contribution in [0.25, 0.3) is 0 Å². The van der Waals surface area contributed by atoms with Gasteiger partial charge in [0, 0.05) is 11.3 Å². The van der Waals surface area contributed by atoms with Crippen LogP contribution in [0.15, 0.2) is 70.3 Å². The zero-order valence-electron chi connectivity index (χ0n) is 14.3. The smallest absolute Gasteiger partial charge is 0.271 e. The highest BCUT2D eigenvalue weighted by Crippen LogP contribution is 2.21. The largest absolute Gasteiger partial charge is 0.346 e. The van der Waals surface area contributed by atoms with Crippen LogP contribution in [0.5, 0.6) is 0 Å². The SMILES string of the molecule is C[C@@H](NC(=O)c1ccc(NS(=O)(=O)c2cccs2)cc1)c1ccc(F)cc1. The minimum Gasteiger partial charge on any atom is -0.346 e. The normalized spacial score (nSPS) is 12.4. The Bertz CT molecular complexity index is 1020. The number of amides is 1. The molecule has 1 atom stereocenters. The average molecular weight is 404 g/mol. The third-order valence-electron chi connectivity index (χ3n) is 3.88. The lowest BCUT2D eigenvalue weighted by Crippen LogP contribution is -2.26. The zero-order valence-corrected chi connectivity index (χ0v) is 16.0. The molecule has 2 aromatic carbocycles. The minimum atomic E-state index is -3.62. The first-order chi connectivity index (χ1) is 12.8. The molecule has 0 aliphatic carbocycles. The quantitative estimate of drug-likeness (QED) is 0.647. The summed E-state index contributed by atoms with van der Waals surface area (Å²) in [5, 5.41) is 4.51. The van der Waals surface area contributed by atoms with Crippen molar-refractivity contribution in [2.24, 2.45) is 0 Å². The van der Waals surface area contributed by atoms with Crippen molar-refractivity contribution in [1.82, 2.24) is 5.32 Å². The van der Waals surface area contributed by atoms with Gasteiger partial charge in [-0.15, -0.1) is 11.3 Å². The van der Waals surface area contributed by atoms with E-state index in [1.54, 1.807) is 42.6 Å². The summed E-state index contributed by atoms with van der Waals surface area (Å²) < 4.78 is 40.1. The molecule has 2 N–H and O–H groups in total. The molecule has 0 spiro atoms. The Morgan fingerprint density at radius 2 is 1.70 bits per heavy atom. The van der Waals surface area contributed by atoms with Crippen LogP contribution in [0, 0.1) is 5.82 Å². The fraction of sp³-hybridized carbons (Fsp3) is 0.105. The van der Waals surface area contributed by atoms with E-state index in [0.29, 0.717) is 11.3 Å². The van der Waals surface area contributed by atoms with Gasteiger partial charge in [-0.3, -0.25) is 9.52 Å². The predicted octanol–water partition coefficient (Wildman–Crippen LogP) is 4.18. The van der Waals surface area contributed by atoms with Gasteiger partial charge in [0.1, 0.15) is 10.0 Å². The van der Waals surface area contributed by atoms with Crippen molar-refractivity contribution in [3.8, 4) is 0 Å². The van der Waals surface area contributed by atoms with Crippen molar-refractivity contribution < 1.29 is 17.6 Å². The molecule has 0 aliphatic rings. The maximum atomic E-state index is 13.0. The minimum absolute atomic E-state index is 0.220. The van der Waals surface area contributed by atoms with Gasteiger partial charge >= 0.3 is 0 Å². The van der Waals surface area contributed by atoms with E-state index in [4.69, 9.17) is 0 Å². The number of anilines is 1. The Kier molecular flexibility index (Phi) is 5.57. The van der Waals surface area contributed by atoms with Gasteiger partial charge in [-0.25, -0.2) is 12.8 Å². The molecule has 0 aliphatic heterocycles. The average Bonchev–Trinajstić information content (AvgIpc) is 3.18. The molecule has 1 amide bonds. The van der Waals surface area contributed by atoms with Gasteiger partial charge in [0.05, 0.1) is 6.04 Å². The van der Waals surface area contributed by atoms with E-state index in [9.17, 15) is 17.6 Å². The van der Waals surface area contributed by atoms with Crippen LogP contribution in [0.1, 0.15) is 28.9 Å². The number of sulfonamides is 1. The van der Waals surface area contributed by atoms with Gasteiger partial charge in [-0.2, -0.15) is 0 Å². The van der Waals surface area contributed by atoms with Crippen molar-refractivity contribution in [3.63, 3.8) is 0 Å². The number of benzene rings is 2. The number of hydrogen-bond donors (Lipinski definition) is 2. The molecule has 27 heavy (non-hydrogen) atoms.